The van der Waals surface area contributed by atoms with Gasteiger partial charge in [0.05, 0.1) is 5.56 Å². The molecule has 1 N–H and O–H groups in total. The second-order valence-electron chi connectivity index (χ2n) is 8.16. The monoisotopic (exact) mass is 494 g/mol. The zero-order valence-electron chi connectivity index (χ0n) is 18.8. The van der Waals surface area contributed by atoms with E-state index < -0.39 is 5.97 Å². The molecule has 0 aromatic heterocycles. The number of anilines is 2. The van der Waals surface area contributed by atoms with Crippen LogP contribution in [0.1, 0.15) is 35.2 Å². The maximum absolute atomic E-state index is 12.3. The molecule has 176 valence electrons. The zero-order chi connectivity index (χ0) is 23.8. The van der Waals surface area contributed by atoms with E-state index in [0.717, 1.165) is 29.3 Å². The van der Waals surface area contributed by atoms with Gasteiger partial charge in [-0.05, 0) is 85.5 Å². The number of thioether (sulfide) groups is 1. The number of hydrogen-bond donors (Lipinski definition) is 1. The lowest BCUT2D eigenvalue weighted by atomic mass is 10.1. The largest absolute Gasteiger partial charge is 0.452 e. The molecule has 3 aromatic rings. The van der Waals surface area contributed by atoms with E-state index in [0.29, 0.717) is 16.3 Å². The lowest BCUT2D eigenvalue weighted by Gasteiger charge is -2.28. The van der Waals surface area contributed by atoms with Gasteiger partial charge < -0.3 is 15.0 Å². The molecule has 1 fully saturated rings. The van der Waals surface area contributed by atoms with Gasteiger partial charge in [-0.25, -0.2) is 4.79 Å². The van der Waals surface area contributed by atoms with Gasteiger partial charge in [0, 0.05) is 40.1 Å². The number of rotatable bonds is 8. The smallest absolute Gasteiger partial charge is 0.338 e. The maximum Gasteiger partial charge on any atom is 0.338 e. The summed E-state index contributed by atoms with van der Waals surface area (Å²) in [5.74, 6) is -0.113. The molecule has 1 aliphatic rings. The summed E-state index contributed by atoms with van der Waals surface area (Å²) in [5, 5.41) is 3.49. The van der Waals surface area contributed by atoms with Crippen molar-refractivity contribution in [3.63, 3.8) is 0 Å². The number of benzene rings is 3. The third-order valence-electron chi connectivity index (χ3n) is 5.62. The lowest BCUT2D eigenvalue weighted by Crippen LogP contribution is -2.29. The first-order valence-corrected chi connectivity index (χ1v) is 12.7. The van der Waals surface area contributed by atoms with Crippen molar-refractivity contribution in [1.82, 2.24) is 0 Å². The quantitative estimate of drug-likeness (QED) is 0.289. The van der Waals surface area contributed by atoms with Gasteiger partial charge in [0.1, 0.15) is 0 Å². The highest BCUT2D eigenvalue weighted by Gasteiger charge is 2.13. The van der Waals surface area contributed by atoms with Gasteiger partial charge in [0.25, 0.3) is 5.91 Å². The van der Waals surface area contributed by atoms with Crippen molar-refractivity contribution in [3.05, 3.63) is 88.9 Å². The molecule has 7 heteroatoms. The Kier molecular flexibility index (Phi) is 8.50. The molecule has 34 heavy (non-hydrogen) atoms. The molecule has 1 amide bonds. The van der Waals surface area contributed by atoms with Crippen molar-refractivity contribution in [3.8, 4) is 0 Å². The average Bonchev–Trinajstić information content (AvgIpc) is 2.88. The number of esters is 1. The van der Waals surface area contributed by atoms with Crippen molar-refractivity contribution < 1.29 is 14.3 Å². The molecule has 3 aromatic carbocycles. The van der Waals surface area contributed by atoms with Crippen LogP contribution in [0.2, 0.25) is 5.02 Å². The molecular weight excluding hydrogens is 468 g/mol. The number of carbonyl (C=O) groups excluding carboxylic acids is 2. The van der Waals surface area contributed by atoms with E-state index in [9.17, 15) is 9.59 Å². The Morgan fingerprint density at radius 1 is 0.882 bits per heavy atom. The van der Waals surface area contributed by atoms with E-state index in [-0.39, 0.29) is 12.5 Å². The molecule has 1 heterocycles. The van der Waals surface area contributed by atoms with Crippen LogP contribution in [-0.2, 0) is 15.3 Å². The average molecular weight is 495 g/mol. The number of nitrogens with one attached hydrogen (secondary N) is 1. The van der Waals surface area contributed by atoms with E-state index in [1.54, 1.807) is 23.9 Å². The molecule has 0 atom stereocenters. The molecule has 0 aliphatic carbocycles. The SMILES string of the molecule is O=C(COC(=O)c1ccc(CSc2ccc(Cl)cc2)cc1)Nc1ccc(N2CCCCC2)cc1. The standard InChI is InChI=1S/C27H27ClN2O3S/c28-22-8-14-25(15-9-22)34-19-20-4-6-21(7-5-20)27(32)33-18-26(31)29-23-10-12-24(13-11-23)30-16-2-1-3-17-30/h4-15H,1-3,16-19H2,(H,29,31). The van der Waals surface area contributed by atoms with Gasteiger partial charge in [0.2, 0.25) is 0 Å². The third-order valence-corrected chi connectivity index (χ3v) is 6.95. The zero-order valence-corrected chi connectivity index (χ0v) is 20.4. The second kappa shape index (κ2) is 12.0. The Balaban J connectivity index is 1.21. The molecule has 0 spiro atoms. The minimum Gasteiger partial charge on any atom is -0.452 e. The normalized spacial score (nSPS) is 13.4. The number of ether oxygens (including phenoxy) is 1. The lowest BCUT2D eigenvalue weighted by molar-refractivity contribution is -0.119. The molecule has 0 bridgehead atoms. The van der Waals surface area contributed by atoms with E-state index >= 15 is 0 Å². The Morgan fingerprint density at radius 2 is 1.56 bits per heavy atom. The van der Waals surface area contributed by atoms with Crippen molar-refractivity contribution in [2.24, 2.45) is 0 Å². The van der Waals surface area contributed by atoms with Gasteiger partial charge in [-0.15, -0.1) is 11.8 Å². The van der Waals surface area contributed by atoms with Crippen LogP contribution in [0.15, 0.2) is 77.7 Å². The highest BCUT2D eigenvalue weighted by Crippen LogP contribution is 2.25. The Morgan fingerprint density at radius 3 is 2.24 bits per heavy atom. The fraction of sp³-hybridized carbons (Fsp3) is 0.259. The summed E-state index contributed by atoms with van der Waals surface area (Å²) in [7, 11) is 0. The summed E-state index contributed by atoms with van der Waals surface area (Å²) in [4.78, 5) is 28.0. The van der Waals surface area contributed by atoms with Gasteiger partial charge in [-0.3, -0.25) is 4.79 Å². The highest BCUT2D eigenvalue weighted by atomic mass is 35.5. The molecule has 0 unspecified atom stereocenters. The second-order valence-corrected chi connectivity index (χ2v) is 9.64. The van der Waals surface area contributed by atoms with Gasteiger partial charge >= 0.3 is 5.97 Å². The fourth-order valence-electron chi connectivity index (χ4n) is 3.75. The van der Waals surface area contributed by atoms with Crippen molar-refractivity contribution in [2.45, 2.75) is 29.9 Å². The number of piperidine rings is 1. The number of halogens is 1. The van der Waals surface area contributed by atoms with Crippen LogP contribution in [0.4, 0.5) is 11.4 Å². The van der Waals surface area contributed by atoms with E-state index in [4.69, 9.17) is 16.3 Å². The van der Waals surface area contributed by atoms with E-state index in [1.165, 1.54) is 24.9 Å². The van der Waals surface area contributed by atoms with Crippen molar-refractivity contribution in [1.29, 1.82) is 0 Å². The summed E-state index contributed by atoms with van der Waals surface area (Å²) in [6, 6.07) is 22.7. The minimum atomic E-state index is -0.521. The number of hydrogen-bond acceptors (Lipinski definition) is 5. The summed E-state index contributed by atoms with van der Waals surface area (Å²) in [6.07, 6.45) is 3.72. The molecule has 0 saturated carbocycles. The Bertz CT molecular complexity index is 1100. The summed E-state index contributed by atoms with van der Waals surface area (Å²) < 4.78 is 5.18. The predicted octanol–water partition coefficient (Wildman–Crippen LogP) is 6.42. The first-order valence-electron chi connectivity index (χ1n) is 11.4. The molecular formula is C27H27ClN2O3S. The maximum atomic E-state index is 12.3. The van der Waals surface area contributed by atoms with Gasteiger partial charge in [-0.1, -0.05) is 23.7 Å². The van der Waals surface area contributed by atoms with Crippen LogP contribution < -0.4 is 10.2 Å². The molecule has 5 nitrogen and oxygen atoms in total. The van der Waals surface area contributed by atoms with Crippen LogP contribution in [0.25, 0.3) is 0 Å². The molecule has 1 saturated heterocycles. The first-order chi connectivity index (χ1) is 16.6. The number of nitrogens with zero attached hydrogens (tertiary/aromatic N) is 1. The number of amides is 1. The van der Waals surface area contributed by atoms with Crippen LogP contribution in [-0.4, -0.2) is 31.6 Å². The fourth-order valence-corrected chi connectivity index (χ4v) is 4.73. The summed E-state index contributed by atoms with van der Waals surface area (Å²) in [6.45, 7) is 1.81. The van der Waals surface area contributed by atoms with Gasteiger partial charge in [0.15, 0.2) is 6.61 Å². The molecule has 0 radical (unpaired) electrons. The van der Waals surface area contributed by atoms with E-state index in [1.807, 2.05) is 60.7 Å². The van der Waals surface area contributed by atoms with Crippen molar-refractivity contribution >= 4 is 46.6 Å². The third kappa shape index (κ3) is 7.02. The number of carbonyl (C=O) groups is 2. The van der Waals surface area contributed by atoms with Crippen molar-refractivity contribution in [2.75, 3.05) is 29.9 Å². The topological polar surface area (TPSA) is 58.6 Å². The van der Waals surface area contributed by atoms with Crippen LogP contribution >= 0.6 is 23.4 Å². The van der Waals surface area contributed by atoms with Crippen LogP contribution in [0.3, 0.4) is 0 Å². The Labute approximate surface area is 209 Å². The van der Waals surface area contributed by atoms with E-state index in [2.05, 4.69) is 10.2 Å². The molecule has 1 aliphatic heterocycles. The minimum absolute atomic E-state index is 0.332. The van der Waals surface area contributed by atoms with Crippen LogP contribution in [0.5, 0.6) is 0 Å². The summed E-state index contributed by atoms with van der Waals surface area (Å²) in [5.41, 5.74) is 3.35. The highest BCUT2D eigenvalue weighted by molar-refractivity contribution is 7.98. The van der Waals surface area contributed by atoms with Gasteiger partial charge in [-0.2, -0.15) is 0 Å². The molecule has 4 rings (SSSR count). The first kappa shape index (κ1) is 24.2. The Hall–Kier alpha value is -2.96. The summed E-state index contributed by atoms with van der Waals surface area (Å²) >= 11 is 7.60. The predicted molar refractivity (Wildman–Crippen MR) is 139 cm³/mol. The van der Waals surface area contributed by atoms with Crippen LogP contribution in [0, 0.1) is 0 Å².